The number of hydrogen-bond donors (Lipinski definition) is 0. The molecule has 2 fully saturated rings. The van der Waals surface area contributed by atoms with Crippen LogP contribution < -0.4 is 5.56 Å². The molecular weight excluding hydrogens is 416 g/mol. The van der Waals surface area contributed by atoms with E-state index in [-0.39, 0.29) is 22.9 Å². The van der Waals surface area contributed by atoms with E-state index in [1.807, 2.05) is 0 Å². The van der Waals surface area contributed by atoms with E-state index in [1.165, 1.54) is 59.3 Å². The highest BCUT2D eigenvalue weighted by atomic mass is 32.2. The standard InChI is InChI=1S/C22H36N4O4S/c1-3-26(4-2)31(29,30)20-10-11-21(27)25(17-20)18-22(28)24-14-12-23(13-15-24)16-19-8-6-5-7-9-19/h10-11,17,19H,3-9,12-16,18H2,1-2H3. The Hall–Kier alpha value is -1.71. The lowest BCUT2D eigenvalue weighted by Gasteiger charge is -2.37. The second kappa shape index (κ2) is 10.7. The summed E-state index contributed by atoms with van der Waals surface area (Å²) in [6.45, 7) is 8.24. The summed E-state index contributed by atoms with van der Waals surface area (Å²) in [7, 11) is -3.68. The minimum Gasteiger partial charge on any atom is -0.339 e. The molecule has 0 unspecified atom stereocenters. The van der Waals surface area contributed by atoms with Crippen LogP contribution in [0.3, 0.4) is 0 Å². The van der Waals surface area contributed by atoms with Crippen molar-refractivity contribution in [2.75, 3.05) is 45.8 Å². The lowest BCUT2D eigenvalue weighted by molar-refractivity contribution is -0.133. The van der Waals surface area contributed by atoms with Crippen LogP contribution in [-0.2, 0) is 21.4 Å². The topological polar surface area (TPSA) is 82.9 Å². The van der Waals surface area contributed by atoms with Gasteiger partial charge in [-0.25, -0.2) is 8.42 Å². The predicted octanol–water partition coefficient (Wildman–Crippen LogP) is 1.60. The van der Waals surface area contributed by atoms with Gasteiger partial charge in [0.1, 0.15) is 6.54 Å². The average molecular weight is 453 g/mol. The molecule has 8 nitrogen and oxygen atoms in total. The zero-order valence-electron chi connectivity index (χ0n) is 18.8. The summed E-state index contributed by atoms with van der Waals surface area (Å²) < 4.78 is 28.1. The van der Waals surface area contributed by atoms with E-state index >= 15 is 0 Å². The molecule has 0 radical (unpaired) electrons. The number of amides is 1. The molecular formula is C22H36N4O4S. The largest absolute Gasteiger partial charge is 0.339 e. The van der Waals surface area contributed by atoms with Gasteiger partial charge in [0.05, 0.1) is 4.90 Å². The fourth-order valence-electron chi connectivity index (χ4n) is 4.66. The normalized spacial score (nSPS) is 19.1. The van der Waals surface area contributed by atoms with Crippen molar-refractivity contribution in [3.05, 3.63) is 28.7 Å². The first-order valence-corrected chi connectivity index (χ1v) is 13.0. The van der Waals surface area contributed by atoms with Crippen molar-refractivity contribution in [2.45, 2.75) is 57.4 Å². The number of nitrogens with zero attached hydrogens (tertiary/aromatic N) is 4. The maximum atomic E-state index is 12.8. The number of piperazine rings is 1. The first kappa shape index (κ1) is 23.9. The molecule has 2 aliphatic rings. The van der Waals surface area contributed by atoms with E-state index in [9.17, 15) is 18.0 Å². The zero-order valence-corrected chi connectivity index (χ0v) is 19.6. The van der Waals surface area contributed by atoms with Gasteiger partial charge in [-0.1, -0.05) is 33.1 Å². The Bertz CT molecular complexity index is 896. The van der Waals surface area contributed by atoms with Gasteiger partial charge in [0.15, 0.2) is 0 Å². The molecule has 31 heavy (non-hydrogen) atoms. The summed E-state index contributed by atoms with van der Waals surface area (Å²) >= 11 is 0. The van der Waals surface area contributed by atoms with Crippen molar-refractivity contribution in [3.8, 4) is 0 Å². The summed E-state index contributed by atoms with van der Waals surface area (Å²) in [6, 6.07) is 2.55. The lowest BCUT2D eigenvalue weighted by atomic mass is 9.89. The van der Waals surface area contributed by atoms with E-state index < -0.39 is 10.0 Å². The van der Waals surface area contributed by atoms with Gasteiger partial charge in [0.25, 0.3) is 5.56 Å². The zero-order chi connectivity index (χ0) is 22.4. The Labute approximate surface area is 185 Å². The summed E-state index contributed by atoms with van der Waals surface area (Å²) in [5, 5.41) is 0. The first-order chi connectivity index (χ1) is 14.8. The number of aromatic nitrogens is 1. The Balaban J connectivity index is 1.60. The number of sulfonamides is 1. The van der Waals surface area contributed by atoms with E-state index in [0.717, 1.165) is 25.6 Å². The second-order valence-electron chi connectivity index (χ2n) is 8.61. The predicted molar refractivity (Wildman–Crippen MR) is 120 cm³/mol. The molecule has 2 heterocycles. The van der Waals surface area contributed by atoms with E-state index in [0.29, 0.717) is 26.2 Å². The summed E-state index contributed by atoms with van der Waals surface area (Å²) in [5.41, 5.74) is -0.372. The van der Waals surface area contributed by atoms with Crippen LogP contribution in [0.15, 0.2) is 28.0 Å². The maximum Gasteiger partial charge on any atom is 0.251 e. The molecule has 174 valence electrons. The van der Waals surface area contributed by atoms with Crippen molar-refractivity contribution in [2.24, 2.45) is 5.92 Å². The van der Waals surface area contributed by atoms with Gasteiger partial charge in [-0.3, -0.25) is 14.5 Å². The first-order valence-electron chi connectivity index (χ1n) is 11.6. The van der Waals surface area contributed by atoms with Crippen LogP contribution in [0.2, 0.25) is 0 Å². The fraction of sp³-hybridized carbons (Fsp3) is 0.727. The smallest absolute Gasteiger partial charge is 0.251 e. The third-order valence-corrected chi connectivity index (χ3v) is 8.60. The monoisotopic (exact) mass is 452 g/mol. The van der Waals surface area contributed by atoms with Gasteiger partial charge in [-0.2, -0.15) is 4.31 Å². The molecule has 1 aliphatic carbocycles. The van der Waals surface area contributed by atoms with Crippen LogP contribution in [0, 0.1) is 5.92 Å². The maximum absolute atomic E-state index is 12.8. The van der Waals surface area contributed by atoms with Crippen LogP contribution in [0.5, 0.6) is 0 Å². The average Bonchev–Trinajstić information content (AvgIpc) is 2.77. The number of carbonyl (C=O) groups excluding carboxylic acids is 1. The summed E-state index contributed by atoms with van der Waals surface area (Å²) in [5.74, 6) is 0.641. The molecule has 1 saturated carbocycles. The van der Waals surface area contributed by atoms with Crippen molar-refractivity contribution >= 4 is 15.9 Å². The minimum atomic E-state index is -3.68. The van der Waals surface area contributed by atoms with E-state index in [4.69, 9.17) is 0 Å². The van der Waals surface area contributed by atoms with Gasteiger partial charge < -0.3 is 9.47 Å². The molecule has 0 bridgehead atoms. The van der Waals surface area contributed by atoms with Gasteiger partial charge in [-0.05, 0) is 24.8 Å². The molecule has 1 aromatic rings. The highest BCUT2D eigenvalue weighted by Gasteiger charge is 2.26. The molecule has 0 aromatic carbocycles. The number of carbonyl (C=O) groups is 1. The van der Waals surface area contributed by atoms with Crippen LogP contribution in [0.1, 0.15) is 46.0 Å². The SMILES string of the molecule is CCN(CC)S(=O)(=O)c1ccc(=O)n(CC(=O)N2CCN(CC3CCCCC3)CC2)c1. The van der Waals surface area contributed by atoms with Crippen LogP contribution in [-0.4, -0.2) is 78.8 Å². The fourth-order valence-corrected chi connectivity index (χ4v) is 6.14. The molecule has 0 N–H and O–H groups in total. The minimum absolute atomic E-state index is 0.0425. The molecule has 1 aromatic heterocycles. The van der Waals surface area contributed by atoms with Gasteiger partial charge >= 0.3 is 0 Å². The molecule has 0 spiro atoms. The van der Waals surface area contributed by atoms with Crippen LogP contribution >= 0.6 is 0 Å². The van der Waals surface area contributed by atoms with Crippen molar-refractivity contribution in [1.82, 2.24) is 18.7 Å². The third-order valence-electron chi connectivity index (χ3n) is 6.57. The van der Waals surface area contributed by atoms with Crippen LogP contribution in [0.4, 0.5) is 0 Å². The van der Waals surface area contributed by atoms with Gasteiger partial charge in [0, 0.05) is 58.1 Å². The Kier molecular flexibility index (Phi) is 8.30. The molecule has 1 aliphatic heterocycles. The highest BCUT2D eigenvalue weighted by molar-refractivity contribution is 7.89. The van der Waals surface area contributed by atoms with Gasteiger partial charge in [0.2, 0.25) is 15.9 Å². The second-order valence-corrected chi connectivity index (χ2v) is 10.5. The Morgan fingerprint density at radius 3 is 2.29 bits per heavy atom. The molecule has 0 atom stereocenters. The number of hydrogen-bond acceptors (Lipinski definition) is 5. The quantitative estimate of drug-likeness (QED) is 0.598. The molecule has 1 saturated heterocycles. The highest BCUT2D eigenvalue weighted by Crippen LogP contribution is 2.24. The summed E-state index contributed by atoms with van der Waals surface area (Å²) in [4.78, 5) is 29.4. The lowest BCUT2D eigenvalue weighted by Crippen LogP contribution is -2.51. The van der Waals surface area contributed by atoms with Crippen molar-refractivity contribution in [3.63, 3.8) is 0 Å². The Morgan fingerprint density at radius 1 is 1.03 bits per heavy atom. The summed E-state index contributed by atoms with van der Waals surface area (Å²) in [6.07, 6.45) is 7.95. The molecule has 9 heteroatoms. The van der Waals surface area contributed by atoms with Crippen molar-refractivity contribution < 1.29 is 13.2 Å². The third kappa shape index (κ3) is 5.96. The van der Waals surface area contributed by atoms with E-state index in [2.05, 4.69) is 4.90 Å². The molecule has 1 amide bonds. The van der Waals surface area contributed by atoms with Gasteiger partial charge in [-0.15, -0.1) is 0 Å². The van der Waals surface area contributed by atoms with Crippen molar-refractivity contribution in [1.29, 1.82) is 0 Å². The number of rotatable bonds is 8. The van der Waals surface area contributed by atoms with E-state index in [1.54, 1.807) is 18.7 Å². The Morgan fingerprint density at radius 2 is 1.68 bits per heavy atom. The van der Waals surface area contributed by atoms with Crippen LogP contribution in [0.25, 0.3) is 0 Å². The molecule has 3 rings (SSSR count). The number of pyridine rings is 1.